The molecule has 3 amide bonds. The van der Waals surface area contributed by atoms with Gasteiger partial charge >= 0.3 is 12.0 Å². The van der Waals surface area contributed by atoms with Gasteiger partial charge in [-0.3, -0.25) is 4.79 Å². The molecule has 1 atom stereocenters. The summed E-state index contributed by atoms with van der Waals surface area (Å²) in [6.07, 6.45) is -0.616. The molecule has 1 unspecified atom stereocenters. The van der Waals surface area contributed by atoms with E-state index < -0.39 is 42.0 Å². The summed E-state index contributed by atoms with van der Waals surface area (Å²) in [6.45, 7) is 0. The topological polar surface area (TPSA) is 122 Å². The number of carboxylic acid groups (broad SMARTS) is 1. The van der Waals surface area contributed by atoms with Gasteiger partial charge in [0.1, 0.15) is 17.7 Å². The van der Waals surface area contributed by atoms with Crippen molar-refractivity contribution < 1.29 is 28.3 Å². The summed E-state index contributed by atoms with van der Waals surface area (Å²) in [7, 11) is 0. The molecule has 0 saturated heterocycles. The van der Waals surface area contributed by atoms with Gasteiger partial charge in [-0.2, -0.15) is 0 Å². The second kappa shape index (κ2) is 6.45. The van der Waals surface area contributed by atoms with Gasteiger partial charge in [-0.25, -0.2) is 18.4 Å². The van der Waals surface area contributed by atoms with Crippen LogP contribution in [0.2, 0.25) is 0 Å². The zero-order chi connectivity index (χ0) is 15.3. The Morgan fingerprint density at radius 2 is 1.95 bits per heavy atom. The van der Waals surface area contributed by atoms with Gasteiger partial charge in [0.2, 0.25) is 5.91 Å². The van der Waals surface area contributed by atoms with E-state index in [2.05, 4.69) is 0 Å². The number of primary amides is 1. The first-order valence-electron chi connectivity index (χ1n) is 5.33. The Labute approximate surface area is 111 Å². The van der Waals surface area contributed by atoms with Crippen molar-refractivity contribution in [3.63, 3.8) is 0 Å². The molecule has 0 saturated carbocycles. The molecule has 20 heavy (non-hydrogen) atoms. The SMILES string of the molecule is NC(=O)CC(NC(=O)Nc1ccc(F)cc1F)C(=O)O. The summed E-state index contributed by atoms with van der Waals surface area (Å²) >= 11 is 0. The summed E-state index contributed by atoms with van der Waals surface area (Å²) < 4.78 is 25.9. The van der Waals surface area contributed by atoms with Gasteiger partial charge in [0.05, 0.1) is 12.1 Å². The Morgan fingerprint density at radius 1 is 1.30 bits per heavy atom. The third-order valence-corrected chi connectivity index (χ3v) is 2.19. The number of nitrogens with one attached hydrogen (secondary N) is 2. The van der Waals surface area contributed by atoms with Crippen LogP contribution in [0.25, 0.3) is 0 Å². The van der Waals surface area contributed by atoms with E-state index in [1.807, 2.05) is 10.6 Å². The van der Waals surface area contributed by atoms with Gasteiger partial charge in [0, 0.05) is 6.07 Å². The van der Waals surface area contributed by atoms with Crippen LogP contribution in [0, 0.1) is 11.6 Å². The fraction of sp³-hybridized carbons (Fsp3) is 0.182. The molecular weight excluding hydrogens is 276 g/mol. The van der Waals surface area contributed by atoms with Gasteiger partial charge in [0.25, 0.3) is 0 Å². The third-order valence-electron chi connectivity index (χ3n) is 2.19. The lowest BCUT2D eigenvalue weighted by molar-refractivity contribution is -0.140. The van der Waals surface area contributed by atoms with Crippen molar-refractivity contribution in [2.45, 2.75) is 12.5 Å². The van der Waals surface area contributed by atoms with Crippen LogP contribution in [-0.4, -0.2) is 29.1 Å². The van der Waals surface area contributed by atoms with E-state index in [1.165, 1.54) is 0 Å². The number of anilines is 1. The van der Waals surface area contributed by atoms with Crippen molar-refractivity contribution in [3.8, 4) is 0 Å². The maximum absolute atomic E-state index is 13.2. The van der Waals surface area contributed by atoms with Crippen molar-refractivity contribution >= 4 is 23.6 Å². The Morgan fingerprint density at radius 3 is 2.45 bits per heavy atom. The smallest absolute Gasteiger partial charge is 0.326 e. The number of carbonyl (C=O) groups is 3. The van der Waals surface area contributed by atoms with E-state index in [9.17, 15) is 23.2 Å². The van der Waals surface area contributed by atoms with Crippen LogP contribution >= 0.6 is 0 Å². The molecule has 0 radical (unpaired) electrons. The minimum absolute atomic E-state index is 0.341. The van der Waals surface area contributed by atoms with E-state index in [-0.39, 0.29) is 5.69 Å². The van der Waals surface area contributed by atoms with Gasteiger partial charge in [-0.1, -0.05) is 0 Å². The fourth-order valence-corrected chi connectivity index (χ4v) is 1.31. The number of carbonyl (C=O) groups excluding carboxylic acids is 2. The summed E-state index contributed by atoms with van der Waals surface area (Å²) in [5.74, 6) is -4.25. The maximum Gasteiger partial charge on any atom is 0.326 e. The number of aliphatic carboxylic acids is 1. The molecule has 1 aromatic rings. The van der Waals surface area contributed by atoms with Crippen LogP contribution in [-0.2, 0) is 9.59 Å². The summed E-state index contributed by atoms with van der Waals surface area (Å²) in [5, 5.41) is 12.7. The number of benzene rings is 1. The number of rotatable bonds is 5. The highest BCUT2D eigenvalue weighted by atomic mass is 19.1. The lowest BCUT2D eigenvalue weighted by Gasteiger charge is -2.13. The molecule has 0 aliphatic heterocycles. The number of halogens is 2. The largest absolute Gasteiger partial charge is 0.480 e. The minimum Gasteiger partial charge on any atom is -0.480 e. The van der Waals surface area contributed by atoms with Gasteiger partial charge < -0.3 is 21.5 Å². The molecule has 1 rings (SSSR count). The van der Waals surface area contributed by atoms with Crippen molar-refractivity contribution in [2.24, 2.45) is 5.73 Å². The summed E-state index contributed by atoms with van der Waals surface area (Å²) in [5.41, 5.74) is 4.48. The standard InChI is InChI=1S/C11H11F2N3O4/c12-5-1-2-7(6(13)3-5)15-11(20)16-8(10(18)19)4-9(14)17/h1-3,8H,4H2,(H2,14,17)(H,18,19)(H2,15,16,20). The number of carboxylic acids is 1. The molecule has 7 nitrogen and oxygen atoms in total. The highest BCUT2D eigenvalue weighted by molar-refractivity contribution is 5.93. The van der Waals surface area contributed by atoms with Gasteiger partial charge in [-0.05, 0) is 12.1 Å². The molecular formula is C11H11F2N3O4. The van der Waals surface area contributed by atoms with Crippen LogP contribution in [0.15, 0.2) is 18.2 Å². The molecule has 108 valence electrons. The van der Waals surface area contributed by atoms with Crippen molar-refractivity contribution in [1.82, 2.24) is 5.32 Å². The molecule has 0 bridgehead atoms. The van der Waals surface area contributed by atoms with E-state index in [1.54, 1.807) is 0 Å². The zero-order valence-electron chi connectivity index (χ0n) is 10.0. The minimum atomic E-state index is -1.55. The van der Waals surface area contributed by atoms with E-state index in [0.29, 0.717) is 6.07 Å². The van der Waals surface area contributed by atoms with Crippen LogP contribution < -0.4 is 16.4 Å². The van der Waals surface area contributed by atoms with Gasteiger partial charge in [0.15, 0.2) is 0 Å². The Hall–Kier alpha value is -2.71. The molecule has 0 aliphatic rings. The van der Waals surface area contributed by atoms with E-state index >= 15 is 0 Å². The van der Waals surface area contributed by atoms with E-state index in [4.69, 9.17) is 10.8 Å². The zero-order valence-corrected chi connectivity index (χ0v) is 10.0. The van der Waals surface area contributed by atoms with Crippen molar-refractivity contribution in [2.75, 3.05) is 5.32 Å². The molecule has 0 spiro atoms. The maximum atomic E-state index is 13.2. The fourth-order valence-electron chi connectivity index (χ4n) is 1.31. The molecule has 1 aromatic carbocycles. The first-order chi connectivity index (χ1) is 9.29. The number of nitrogens with two attached hydrogens (primary N) is 1. The molecule has 9 heteroatoms. The van der Waals surface area contributed by atoms with Crippen molar-refractivity contribution in [3.05, 3.63) is 29.8 Å². The molecule has 0 fully saturated rings. The quantitative estimate of drug-likeness (QED) is 0.626. The average Bonchev–Trinajstić information content (AvgIpc) is 2.31. The monoisotopic (exact) mass is 287 g/mol. The first-order valence-corrected chi connectivity index (χ1v) is 5.33. The molecule has 5 N–H and O–H groups in total. The lowest BCUT2D eigenvalue weighted by atomic mass is 10.2. The predicted octanol–water partition coefficient (Wildman–Crippen LogP) is 0.415. The van der Waals surface area contributed by atoms with Crippen LogP contribution in [0.3, 0.4) is 0 Å². The van der Waals surface area contributed by atoms with E-state index in [0.717, 1.165) is 12.1 Å². The second-order valence-electron chi connectivity index (χ2n) is 3.78. The van der Waals surface area contributed by atoms with Crippen LogP contribution in [0.4, 0.5) is 19.3 Å². The Bertz CT molecular complexity index is 550. The predicted molar refractivity (Wildman–Crippen MR) is 63.7 cm³/mol. The second-order valence-corrected chi connectivity index (χ2v) is 3.78. The third kappa shape index (κ3) is 4.52. The number of hydrogen-bond donors (Lipinski definition) is 4. The lowest BCUT2D eigenvalue weighted by Crippen LogP contribution is -2.45. The number of urea groups is 1. The highest BCUT2D eigenvalue weighted by Gasteiger charge is 2.22. The van der Waals surface area contributed by atoms with Crippen LogP contribution in [0.5, 0.6) is 0 Å². The Balaban J connectivity index is 2.70. The van der Waals surface area contributed by atoms with Crippen molar-refractivity contribution in [1.29, 1.82) is 0 Å². The molecule has 0 aliphatic carbocycles. The Kier molecular flexibility index (Phi) is 4.95. The summed E-state index contributed by atoms with van der Waals surface area (Å²) in [4.78, 5) is 32.8. The molecule has 0 heterocycles. The summed E-state index contributed by atoms with van der Waals surface area (Å²) in [6, 6.07) is -0.182. The number of hydrogen-bond acceptors (Lipinski definition) is 3. The van der Waals surface area contributed by atoms with Gasteiger partial charge in [-0.15, -0.1) is 0 Å². The molecule has 0 aromatic heterocycles. The average molecular weight is 287 g/mol. The number of amides is 3. The normalized spacial score (nSPS) is 11.5. The first kappa shape index (κ1) is 15.3. The van der Waals surface area contributed by atoms with Crippen LogP contribution in [0.1, 0.15) is 6.42 Å². The highest BCUT2D eigenvalue weighted by Crippen LogP contribution is 2.14.